The molecule has 1 aliphatic heterocycles. The Bertz CT molecular complexity index is 407. The lowest BCUT2D eigenvalue weighted by atomic mass is 10.1. The maximum absolute atomic E-state index is 11.7. The molecule has 2 N–H and O–H groups in total. The second kappa shape index (κ2) is 11.1. The maximum atomic E-state index is 11.7. The van der Waals surface area contributed by atoms with Crippen LogP contribution in [0, 0.1) is 0 Å². The van der Waals surface area contributed by atoms with E-state index in [1.807, 2.05) is 0 Å². The molecule has 0 aromatic carbocycles. The molecule has 24 heavy (non-hydrogen) atoms. The Kier molecular flexibility index (Phi) is 9.91. The molecular formula is C16H32IN5O2. The third-order valence-electron chi connectivity index (χ3n) is 4.40. The highest BCUT2D eigenvalue weighted by atomic mass is 127. The number of aliphatic imine (C=N–C) groups is 1. The number of nitrogens with one attached hydrogen (secondary N) is 2. The van der Waals surface area contributed by atoms with Crippen molar-refractivity contribution >= 4 is 35.8 Å². The first kappa shape index (κ1) is 21.4. The summed E-state index contributed by atoms with van der Waals surface area (Å²) in [6, 6.07) is 1.27. The summed E-state index contributed by atoms with van der Waals surface area (Å²) in [6.45, 7) is 3.77. The van der Waals surface area contributed by atoms with Gasteiger partial charge in [0, 0.05) is 52.9 Å². The third-order valence-corrected chi connectivity index (χ3v) is 4.40. The summed E-state index contributed by atoms with van der Waals surface area (Å²) >= 11 is 0. The summed E-state index contributed by atoms with van der Waals surface area (Å²) in [4.78, 5) is 20.3. The molecule has 0 aromatic rings. The van der Waals surface area contributed by atoms with Gasteiger partial charge in [0.15, 0.2) is 5.96 Å². The molecule has 140 valence electrons. The molecule has 2 rings (SSSR count). The second-order valence-electron chi connectivity index (χ2n) is 6.56. The van der Waals surface area contributed by atoms with Gasteiger partial charge in [-0.25, -0.2) is 4.99 Å². The zero-order valence-electron chi connectivity index (χ0n) is 15.1. The van der Waals surface area contributed by atoms with Crippen LogP contribution in [0.25, 0.3) is 0 Å². The molecule has 8 heteroatoms. The highest BCUT2D eigenvalue weighted by molar-refractivity contribution is 14.0. The number of amides is 1. The van der Waals surface area contributed by atoms with Gasteiger partial charge in [0.25, 0.3) is 0 Å². The minimum Gasteiger partial charge on any atom is -0.383 e. The van der Waals surface area contributed by atoms with Gasteiger partial charge in [0.1, 0.15) is 6.54 Å². The fraction of sp³-hybridized carbons (Fsp3) is 0.875. The SMILES string of the molecule is COCCNC(=NCC(=O)N(C)C)NC1CCN(C2CC2)CC1.I. The van der Waals surface area contributed by atoms with Gasteiger partial charge in [0.2, 0.25) is 5.91 Å². The lowest BCUT2D eigenvalue weighted by Crippen LogP contribution is -2.49. The van der Waals surface area contributed by atoms with Crippen LogP contribution in [0.15, 0.2) is 4.99 Å². The van der Waals surface area contributed by atoms with Gasteiger partial charge in [-0.3, -0.25) is 4.79 Å². The molecule has 2 fully saturated rings. The van der Waals surface area contributed by atoms with Crippen LogP contribution in [-0.4, -0.2) is 87.7 Å². The Morgan fingerprint density at radius 2 is 1.92 bits per heavy atom. The fourth-order valence-electron chi connectivity index (χ4n) is 2.75. The largest absolute Gasteiger partial charge is 0.383 e. The number of hydrogen-bond acceptors (Lipinski definition) is 4. The smallest absolute Gasteiger partial charge is 0.243 e. The van der Waals surface area contributed by atoms with Gasteiger partial charge in [-0.05, 0) is 25.7 Å². The van der Waals surface area contributed by atoms with Gasteiger partial charge in [-0.1, -0.05) is 0 Å². The van der Waals surface area contributed by atoms with Crippen molar-refractivity contribution in [2.75, 3.05) is 54.0 Å². The number of rotatable bonds is 7. The quantitative estimate of drug-likeness (QED) is 0.255. The first-order chi connectivity index (χ1) is 11.1. The van der Waals surface area contributed by atoms with Crippen molar-refractivity contribution in [3.63, 3.8) is 0 Å². The number of methoxy groups -OCH3 is 1. The Labute approximate surface area is 162 Å². The van der Waals surface area contributed by atoms with Crippen molar-refractivity contribution in [3.05, 3.63) is 0 Å². The molecule has 0 unspecified atom stereocenters. The van der Waals surface area contributed by atoms with Crippen molar-refractivity contribution in [2.45, 2.75) is 37.8 Å². The Balaban J connectivity index is 0.00000288. The van der Waals surface area contributed by atoms with E-state index in [9.17, 15) is 4.79 Å². The monoisotopic (exact) mass is 453 g/mol. The van der Waals surface area contributed by atoms with E-state index >= 15 is 0 Å². The first-order valence-corrected chi connectivity index (χ1v) is 8.58. The molecule has 1 saturated heterocycles. The minimum atomic E-state index is 0. The van der Waals surface area contributed by atoms with E-state index in [0.717, 1.165) is 32.0 Å². The van der Waals surface area contributed by atoms with E-state index in [1.54, 1.807) is 26.1 Å². The van der Waals surface area contributed by atoms with Crippen LogP contribution >= 0.6 is 24.0 Å². The number of halogens is 1. The number of likely N-dealkylation sites (N-methyl/N-ethyl adjacent to an activating group) is 1. The summed E-state index contributed by atoms with van der Waals surface area (Å²) in [5.74, 6) is 0.712. The molecule has 0 aromatic heterocycles. The highest BCUT2D eigenvalue weighted by Gasteiger charge is 2.31. The number of likely N-dealkylation sites (tertiary alicyclic amines) is 1. The van der Waals surface area contributed by atoms with Gasteiger partial charge in [-0.2, -0.15) is 0 Å². The molecule has 1 saturated carbocycles. The zero-order valence-corrected chi connectivity index (χ0v) is 17.4. The van der Waals surface area contributed by atoms with E-state index in [0.29, 0.717) is 25.2 Å². The van der Waals surface area contributed by atoms with Crippen LogP contribution in [0.4, 0.5) is 0 Å². The predicted octanol–water partition coefficient (Wildman–Crippen LogP) is 0.501. The Morgan fingerprint density at radius 1 is 1.25 bits per heavy atom. The molecular weight excluding hydrogens is 421 g/mol. The van der Waals surface area contributed by atoms with Crippen LogP contribution in [0.3, 0.4) is 0 Å². The average Bonchev–Trinajstić information content (AvgIpc) is 3.37. The number of nitrogens with zero attached hydrogens (tertiary/aromatic N) is 3. The van der Waals surface area contributed by atoms with Gasteiger partial charge < -0.3 is 25.2 Å². The molecule has 1 heterocycles. The van der Waals surface area contributed by atoms with Crippen LogP contribution in [-0.2, 0) is 9.53 Å². The topological polar surface area (TPSA) is 69.2 Å². The molecule has 1 aliphatic carbocycles. The lowest BCUT2D eigenvalue weighted by Gasteiger charge is -2.33. The summed E-state index contributed by atoms with van der Waals surface area (Å²) in [5, 5.41) is 6.71. The summed E-state index contributed by atoms with van der Waals surface area (Å²) in [6.07, 6.45) is 5.00. The molecule has 0 atom stereocenters. The molecule has 0 bridgehead atoms. The highest BCUT2D eigenvalue weighted by Crippen LogP contribution is 2.29. The average molecular weight is 453 g/mol. The van der Waals surface area contributed by atoms with Gasteiger partial charge in [0.05, 0.1) is 6.61 Å². The van der Waals surface area contributed by atoms with Crippen LogP contribution in [0.1, 0.15) is 25.7 Å². The third kappa shape index (κ3) is 7.52. The number of ether oxygens (including phenoxy) is 1. The number of carbonyl (C=O) groups is 1. The normalized spacial score (nSPS) is 19.5. The minimum absolute atomic E-state index is 0. The summed E-state index contributed by atoms with van der Waals surface area (Å²) < 4.78 is 5.07. The van der Waals surface area contributed by atoms with Gasteiger partial charge >= 0.3 is 0 Å². The van der Waals surface area contributed by atoms with Gasteiger partial charge in [-0.15, -0.1) is 24.0 Å². The first-order valence-electron chi connectivity index (χ1n) is 8.58. The molecule has 1 amide bonds. The van der Waals surface area contributed by atoms with E-state index in [1.165, 1.54) is 12.8 Å². The van der Waals surface area contributed by atoms with Crippen molar-refractivity contribution in [2.24, 2.45) is 4.99 Å². The predicted molar refractivity (Wildman–Crippen MR) is 107 cm³/mol. The van der Waals surface area contributed by atoms with Crippen LogP contribution in [0.2, 0.25) is 0 Å². The molecule has 0 spiro atoms. The molecule has 7 nitrogen and oxygen atoms in total. The van der Waals surface area contributed by atoms with Crippen molar-refractivity contribution in [1.82, 2.24) is 20.4 Å². The van der Waals surface area contributed by atoms with Crippen molar-refractivity contribution in [1.29, 1.82) is 0 Å². The Hall–Kier alpha value is -0.610. The summed E-state index contributed by atoms with van der Waals surface area (Å²) in [7, 11) is 5.17. The van der Waals surface area contributed by atoms with Crippen molar-refractivity contribution in [3.8, 4) is 0 Å². The van der Waals surface area contributed by atoms with E-state index < -0.39 is 0 Å². The van der Waals surface area contributed by atoms with Crippen LogP contribution < -0.4 is 10.6 Å². The van der Waals surface area contributed by atoms with E-state index in [-0.39, 0.29) is 36.4 Å². The van der Waals surface area contributed by atoms with E-state index in [4.69, 9.17) is 4.74 Å². The maximum Gasteiger partial charge on any atom is 0.243 e. The Morgan fingerprint density at radius 3 is 2.46 bits per heavy atom. The second-order valence-corrected chi connectivity index (χ2v) is 6.56. The van der Waals surface area contributed by atoms with Crippen LogP contribution in [0.5, 0.6) is 0 Å². The van der Waals surface area contributed by atoms with Crippen molar-refractivity contribution < 1.29 is 9.53 Å². The number of guanidine groups is 1. The number of piperidine rings is 1. The number of carbonyl (C=O) groups excluding carboxylic acids is 1. The molecule has 2 aliphatic rings. The number of hydrogen-bond donors (Lipinski definition) is 2. The molecule has 0 radical (unpaired) electrons. The van der Waals surface area contributed by atoms with E-state index in [2.05, 4.69) is 20.5 Å². The summed E-state index contributed by atoms with van der Waals surface area (Å²) in [5.41, 5.74) is 0. The fourth-order valence-corrected chi connectivity index (χ4v) is 2.75. The zero-order chi connectivity index (χ0) is 16.7. The lowest BCUT2D eigenvalue weighted by molar-refractivity contribution is -0.127. The standard InChI is InChI=1S/C16H31N5O2.HI/c1-20(2)15(22)12-18-16(17-8-11-23-3)19-13-6-9-21(10-7-13)14-4-5-14;/h13-14H,4-12H2,1-3H3,(H2,17,18,19);1H.